The van der Waals surface area contributed by atoms with E-state index in [1.54, 1.807) is 6.08 Å². The average molecular weight is 277 g/mol. The van der Waals surface area contributed by atoms with E-state index in [1.165, 1.54) is 0 Å². The van der Waals surface area contributed by atoms with Crippen LogP contribution in [-0.2, 0) is 0 Å². The fourth-order valence-electron chi connectivity index (χ4n) is 0.872. The lowest BCUT2D eigenvalue weighted by atomic mass is 10.3. The summed E-state index contributed by atoms with van der Waals surface area (Å²) in [5.74, 6) is -0.327. The van der Waals surface area contributed by atoms with E-state index in [2.05, 4.69) is 4.98 Å². The van der Waals surface area contributed by atoms with Crippen molar-refractivity contribution in [1.29, 1.82) is 0 Å². The molecule has 0 fully saturated rings. The molecule has 1 N–H and O–H groups in total. The van der Waals surface area contributed by atoms with Gasteiger partial charge in [0, 0.05) is 0 Å². The number of hydrogen-bond acceptors (Lipinski definition) is 3. The Morgan fingerprint density at radius 3 is 3.08 bits per heavy atom. The van der Waals surface area contributed by atoms with Crippen molar-refractivity contribution in [2.45, 2.75) is 0 Å². The Morgan fingerprint density at radius 1 is 1.42 bits per heavy atom. The number of fused-ring (bicyclic) bond motifs is 1. The standard InChI is InChI=1S/C7H4INO3/c10-6-4-3-8-2-1-5(4)12-7(11)9-6/h1-3H,(H,9,10,11). The van der Waals surface area contributed by atoms with E-state index >= 15 is 0 Å². The summed E-state index contributed by atoms with van der Waals surface area (Å²) in [6, 6.07) is 0. The molecular weight excluding hydrogens is 273 g/mol. The van der Waals surface area contributed by atoms with Crippen LogP contribution in [-0.4, -0.2) is 9.00 Å². The number of aromatic nitrogens is 1. The van der Waals surface area contributed by atoms with Gasteiger partial charge in [0.05, 0.1) is 5.56 Å². The van der Waals surface area contributed by atoms with Gasteiger partial charge in [0.25, 0.3) is 5.56 Å². The lowest BCUT2D eigenvalue weighted by molar-refractivity contribution is 0.470. The summed E-state index contributed by atoms with van der Waals surface area (Å²) in [5, 5.41) is 0. The summed E-state index contributed by atoms with van der Waals surface area (Å²) < 4.78 is 8.53. The Labute approximate surface area is 76.7 Å². The molecule has 1 aliphatic heterocycles. The van der Waals surface area contributed by atoms with Gasteiger partial charge in [-0.05, 0) is 14.2 Å². The molecule has 0 atom stereocenters. The summed E-state index contributed by atoms with van der Waals surface area (Å²) in [4.78, 5) is 23.9. The first-order valence-corrected chi connectivity index (χ1v) is 5.65. The molecule has 0 unspecified atom stereocenters. The zero-order chi connectivity index (χ0) is 8.55. The predicted octanol–water partition coefficient (Wildman–Crippen LogP) is 0.433. The summed E-state index contributed by atoms with van der Waals surface area (Å²) in [6.45, 7) is 0. The maximum absolute atomic E-state index is 11.1. The van der Waals surface area contributed by atoms with Gasteiger partial charge < -0.3 is 4.42 Å². The minimum Gasteiger partial charge on any atom is -0.409 e. The molecule has 1 aliphatic rings. The van der Waals surface area contributed by atoms with E-state index in [-0.39, 0.29) is 26.3 Å². The van der Waals surface area contributed by atoms with E-state index < -0.39 is 5.76 Å². The van der Waals surface area contributed by atoms with E-state index in [0.717, 1.165) is 0 Å². The highest BCUT2D eigenvalue weighted by molar-refractivity contribution is 14.2. The third-order valence-corrected chi connectivity index (χ3v) is 3.14. The fourth-order valence-corrected chi connectivity index (χ4v) is 2.56. The lowest BCUT2D eigenvalue weighted by Gasteiger charge is -1.98. The number of hydrogen-bond donors (Lipinski definition) is 1. The normalized spacial score (nSPS) is 13.7. The summed E-state index contributed by atoms with van der Waals surface area (Å²) >= 11 is -0.189. The molecule has 5 heteroatoms. The molecular formula is C7H4INO3. The minimum absolute atomic E-state index is 0.189. The molecule has 0 saturated heterocycles. The average Bonchev–Trinajstić information content (AvgIpc) is 2.04. The van der Waals surface area contributed by atoms with Gasteiger partial charge in [-0.25, -0.2) is 4.79 Å². The summed E-state index contributed by atoms with van der Waals surface area (Å²) in [6.07, 6.45) is 1.68. The zero-order valence-corrected chi connectivity index (χ0v) is 7.99. The SMILES string of the molecule is O=c1[nH]c(=O)c2c(o1)C=CI=C2. The highest BCUT2D eigenvalue weighted by Gasteiger charge is 2.07. The quantitative estimate of drug-likeness (QED) is 0.699. The van der Waals surface area contributed by atoms with Crippen LogP contribution in [0.4, 0.5) is 0 Å². The Hall–Kier alpha value is -0.980. The van der Waals surface area contributed by atoms with Crippen LogP contribution in [0, 0.1) is 0 Å². The van der Waals surface area contributed by atoms with Gasteiger partial charge in [-0.3, -0.25) is 9.78 Å². The van der Waals surface area contributed by atoms with Gasteiger partial charge in [-0.1, -0.05) is 20.7 Å². The Morgan fingerprint density at radius 2 is 2.25 bits per heavy atom. The molecule has 2 heterocycles. The molecule has 0 spiro atoms. The molecule has 1 aromatic heterocycles. The van der Waals surface area contributed by atoms with Crippen molar-refractivity contribution in [1.82, 2.24) is 4.98 Å². The van der Waals surface area contributed by atoms with Crippen molar-refractivity contribution < 1.29 is 4.42 Å². The molecule has 4 nitrogen and oxygen atoms in total. The first-order valence-electron chi connectivity index (χ1n) is 3.16. The van der Waals surface area contributed by atoms with Crippen LogP contribution >= 0.6 is 20.7 Å². The Bertz CT molecular complexity index is 480. The molecule has 12 heavy (non-hydrogen) atoms. The third-order valence-electron chi connectivity index (χ3n) is 1.39. The molecule has 0 aromatic carbocycles. The second-order valence-corrected chi connectivity index (χ2v) is 4.21. The van der Waals surface area contributed by atoms with Gasteiger partial charge in [0.2, 0.25) is 0 Å². The highest BCUT2D eigenvalue weighted by atomic mass is 127. The smallest absolute Gasteiger partial charge is 0.409 e. The van der Waals surface area contributed by atoms with Gasteiger partial charge >= 0.3 is 5.76 Å². The van der Waals surface area contributed by atoms with Crippen LogP contribution in [0.5, 0.6) is 0 Å². The van der Waals surface area contributed by atoms with Gasteiger partial charge in [-0.2, -0.15) is 0 Å². The number of H-pyrrole nitrogens is 1. The maximum atomic E-state index is 11.1. The Kier molecular flexibility index (Phi) is 1.80. The first-order chi connectivity index (χ1) is 5.77. The van der Waals surface area contributed by atoms with Crippen molar-refractivity contribution in [3.8, 4) is 0 Å². The van der Waals surface area contributed by atoms with Crippen molar-refractivity contribution in [3.63, 3.8) is 0 Å². The van der Waals surface area contributed by atoms with Crippen LogP contribution < -0.4 is 11.3 Å². The number of nitrogens with one attached hydrogen (secondary N) is 1. The van der Waals surface area contributed by atoms with Crippen molar-refractivity contribution in [2.24, 2.45) is 0 Å². The van der Waals surface area contributed by atoms with E-state index in [9.17, 15) is 9.59 Å². The number of aromatic amines is 1. The van der Waals surface area contributed by atoms with Crippen LogP contribution in [0.3, 0.4) is 0 Å². The predicted molar refractivity (Wildman–Crippen MR) is 53.8 cm³/mol. The molecule has 0 radical (unpaired) electrons. The van der Waals surface area contributed by atoms with Crippen LogP contribution in [0.1, 0.15) is 11.3 Å². The van der Waals surface area contributed by atoms with Crippen LogP contribution in [0.15, 0.2) is 18.1 Å². The van der Waals surface area contributed by atoms with Gasteiger partial charge in [0.1, 0.15) is 5.76 Å². The summed E-state index contributed by atoms with van der Waals surface area (Å²) in [5.41, 5.74) is 0.134. The number of halogens is 1. The second-order valence-electron chi connectivity index (χ2n) is 2.15. The Balaban J connectivity index is 2.89. The topological polar surface area (TPSA) is 63.1 Å². The highest BCUT2D eigenvalue weighted by Crippen LogP contribution is 2.13. The lowest BCUT2D eigenvalue weighted by Crippen LogP contribution is -2.23. The van der Waals surface area contributed by atoms with E-state index in [1.807, 2.05) is 8.09 Å². The van der Waals surface area contributed by atoms with Crippen LogP contribution in [0.25, 0.3) is 6.08 Å². The molecule has 62 valence electrons. The molecule has 0 aliphatic carbocycles. The first kappa shape index (κ1) is 7.66. The monoisotopic (exact) mass is 277 g/mol. The molecule has 1 aromatic rings. The maximum Gasteiger partial charge on any atom is 0.419 e. The minimum atomic E-state index is -0.697. The summed E-state index contributed by atoms with van der Waals surface area (Å²) in [7, 11) is 0. The van der Waals surface area contributed by atoms with E-state index in [4.69, 9.17) is 4.42 Å². The van der Waals surface area contributed by atoms with Crippen molar-refractivity contribution >= 4 is 30.8 Å². The fraction of sp³-hybridized carbons (Fsp3) is 0. The molecule has 0 bridgehead atoms. The van der Waals surface area contributed by atoms with Crippen molar-refractivity contribution in [3.05, 3.63) is 36.3 Å². The number of rotatable bonds is 0. The van der Waals surface area contributed by atoms with Crippen molar-refractivity contribution in [2.75, 3.05) is 0 Å². The molecule has 0 saturated carbocycles. The van der Waals surface area contributed by atoms with Gasteiger partial charge in [0.15, 0.2) is 0 Å². The third kappa shape index (κ3) is 1.20. The second kappa shape index (κ2) is 2.81. The van der Waals surface area contributed by atoms with Gasteiger partial charge in [-0.15, -0.1) is 0 Å². The van der Waals surface area contributed by atoms with Crippen LogP contribution in [0.2, 0.25) is 0 Å². The largest absolute Gasteiger partial charge is 0.419 e. The molecule has 2 rings (SSSR count). The van der Waals surface area contributed by atoms with E-state index in [0.29, 0.717) is 11.3 Å². The zero-order valence-electron chi connectivity index (χ0n) is 5.83. The molecule has 0 amide bonds.